The van der Waals surface area contributed by atoms with E-state index in [1.165, 1.54) is 12.3 Å². The number of nitrogens with zero attached hydrogens (tertiary/aromatic N) is 3. The number of β-amino-alcohol motifs (C(OH)–C–C–N with tert-alkyl or cyclic N) is 1. The first kappa shape index (κ1) is 11.3. The molecule has 0 aliphatic carbocycles. The average Bonchev–Trinajstić information content (AvgIpc) is 2.98. The van der Waals surface area contributed by atoms with Gasteiger partial charge in [0.05, 0.1) is 18.3 Å². The Hall–Kier alpha value is -1.79. The molecule has 1 aliphatic heterocycles. The number of aliphatic hydroxyl groups is 1. The zero-order chi connectivity index (χ0) is 12.5. The summed E-state index contributed by atoms with van der Waals surface area (Å²) in [6.45, 7) is 0.564. The molecule has 18 heavy (non-hydrogen) atoms. The smallest absolute Gasteiger partial charge is 0.141 e. The van der Waals surface area contributed by atoms with Crippen LogP contribution in [0.1, 0.15) is 18.3 Å². The van der Waals surface area contributed by atoms with Gasteiger partial charge in [0, 0.05) is 18.9 Å². The lowest BCUT2D eigenvalue weighted by atomic mass is 10.2. The maximum Gasteiger partial charge on any atom is 0.141 e. The fraction of sp³-hybridized carbons (Fsp3) is 0.333. The van der Waals surface area contributed by atoms with Gasteiger partial charge < -0.3 is 10.4 Å². The lowest BCUT2D eigenvalue weighted by Gasteiger charge is -2.12. The molecule has 5 nitrogen and oxygen atoms in total. The molecule has 2 aromatic rings. The second-order valence-corrected chi connectivity index (χ2v) is 4.34. The summed E-state index contributed by atoms with van der Waals surface area (Å²) >= 11 is 0. The van der Waals surface area contributed by atoms with Crippen LogP contribution in [-0.4, -0.2) is 32.3 Å². The van der Waals surface area contributed by atoms with Gasteiger partial charge in [0.2, 0.25) is 0 Å². The molecule has 2 N–H and O–H groups in total. The van der Waals surface area contributed by atoms with Crippen LogP contribution in [-0.2, 0) is 0 Å². The molecular formula is C12H13FN4O. The van der Waals surface area contributed by atoms with E-state index >= 15 is 0 Å². The summed E-state index contributed by atoms with van der Waals surface area (Å²) in [5, 5.41) is 12.7. The highest BCUT2D eigenvalue weighted by Gasteiger charge is 2.27. The highest BCUT2D eigenvalue weighted by molar-refractivity contribution is 5.25. The van der Waals surface area contributed by atoms with Gasteiger partial charge in [0.1, 0.15) is 17.5 Å². The highest BCUT2D eigenvalue weighted by Crippen LogP contribution is 2.23. The number of nitrogens with one attached hydrogen (secondary N) is 1. The minimum Gasteiger partial charge on any atom is -0.392 e. The van der Waals surface area contributed by atoms with Crippen molar-refractivity contribution in [1.29, 1.82) is 0 Å². The molecule has 0 amide bonds. The van der Waals surface area contributed by atoms with E-state index < -0.39 is 0 Å². The van der Waals surface area contributed by atoms with E-state index in [9.17, 15) is 9.50 Å². The average molecular weight is 248 g/mol. The summed E-state index contributed by atoms with van der Waals surface area (Å²) in [5.74, 6) is 1.03. The van der Waals surface area contributed by atoms with Crippen LogP contribution < -0.4 is 5.32 Å². The lowest BCUT2D eigenvalue weighted by molar-refractivity contribution is 0.193. The van der Waals surface area contributed by atoms with Crippen LogP contribution in [0.3, 0.4) is 0 Å². The molecule has 0 aromatic carbocycles. The van der Waals surface area contributed by atoms with Gasteiger partial charge >= 0.3 is 0 Å². The minimum atomic E-state index is -0.366. The Bertz CT molecular complexity index is 539. The van der Waals surface area contributed by atoms with E-state index in [0.29, 0.717) is 18.8 Å². The molecule has 1 saturated heterocycles. The SMILES string of the molecule is OC1CNC(c2nccn2-c2ccc(F)cn2)C1. The number of halogens is 1. The number of pyridine rings is 1. The Morgan fingerprint density at radius 1 is 1.39 bits per heavy atom. The number of hydrogen-bond donors (Lipinski definition) is 2. The summed E-state index contributed by atoms with van der Waals surface area (Å²) in [7, 11) is 0. The van der Waals surface area contributed by atoms with Crippen molar-refractivity contribution in [3.8, 4) is 5.82 Å². The molecule has 94 valence electrons. The monoisotopic (exact) mass is 248 g/mol. The lowest BCUT2D eigenvalue weighted by Crippen LogP contribution is -2.18. The zero-order valence-electron chi connectivity index (χ0n) is 9.62. The Kier molecular flexibility index (Phi) is 2.81. The molecule has 3 heterocycles. The van der Waals surface area contributed by atoms with Crippen molar-refractivity contribution in [3.63, 3.8) is 0 Å². The molecule has 3 rings (SSSR count). The van der Waals surface area contributed by atoms with E-state index in [-0.39, 0.29) is 18.0 Å². The quantitative estimate of drug-likeness (QED) is 0.825. The van der Waals surface area contributed by atoms with E-state index in [4.69, 9.17) is 0 Å². The first-order valence-corrected chi connectivity index (χ1v) is 5.80. The predicted octanol–water partition coefficient (Wildman–Crippen LogP) is 0.802. The van der Waals surface area contributed by atoms with E-state index in [1.54, 1.807) is 23.0 Å². The Morgan fingerprint density at radius 3 is 2.94 bits per heavy atom. The molecule has 0 saturated carbocycles. The summed E-state index contributed by atoms with van der Waals surface area (Å²) in [6, 6.07) is 2.97. The van der Waals surface area contributed by atoms with E-state index in [0.717, 1.165) is 5.82 Å². The zero-order valence-corrected chi connectivity index (χ0v) is 9.62. The normalized spacial score (nSPS) is 23.4. The van der Waals surface area contributed by atoms with Crippen LogP contribution in [0.4, 0.5) is 4.39 Å². The second kappa shape index (κ2) is 4.47. The number of aromatic nitrogens is 3. The van der Waals surface area contributed by atoms with Gasteiger partial charge in [-0.05, 0) is 18.6 Å². The maximum absolute atomic E-state index is 12.8. The fourth-order valence-electron chi connectivity index (χ4n) is 2.19. The van der Waals surface area contributed by atoms with Crippen LogP contribution >= 0.6 is 0 Å². The number of aliphatic hydroxyl groups excluding tert-OH is 1. The summed E-state index contributed by atoms with van der Waals surface area (Å²) < 4.78 is 14.6. The Balaban J connectivity index is 1.94. The van der Waals surface area contributed by atoms with Crippen LogP contribution in [0.15, 0.2) is 30.7 Å². The van der Waals surface area contributed by atoms with Gasteiger partial charge in [-0.3, -0.25) is 4.57 Å². The molecule has 1 fully saturated rings. The minimum absolute atomic E-state index is 0.00172. The third-order valence-corrected chi connectivity index (χ3v) is 3.05. The third-order valence-electron chi connectivity index (χ3n) is 3.05. The Morgan fingerprint density at radius 2 is 2.28 bits per heavy atom. The van der Waals surface area contributed by atoms with Crippen LogP contribution in [0.25, 0.3) is 5.82 Å². The van der Waals surface area contributed by atoms with Gasteiger partial charge in [-0.1, -0.05) is 0 Å². The number of rotatable bonds is 2. The maximum atomic E-state index is 12.8. The summed E-state index contributed by atoms with van der Waals surface area (Å²) in [6.07, 6.45) is 4.91. The van der Waals surface area contributed by atoms with Crippen molar-refractivity contribution in [3.05, 3.63) is 42.4 Å². The van der Waals surface area contributed by atoms with Crippen molar-refractivity contribution < 1.29 is 9.50 Å². The molecular weight excluding hydrogens is 235 g/mol. The van der Waals surface area contributed by atoms with Crippen LogP contribution in [0.5, 0.6) is 0 Å². The summed E-state index contributed by atoms with van der Waals surface area (Å²) in [4.78, 5) is 8.32. The van der Waals surface area contributed by atoms with Gasteiger partial charge in [0.15, 0.2) is 0 Å². The van der Waals surface area contributed by atoms with Crippen molar-refractivity contribution in [2.75, 3.05) is 6.54 Å². The van der Waals surface area contributed by atoms with E-state index in [2.05, 4.69) is 15.3 Å². The van der Waals surface area contributed by atoms with Crippen molar-refractivity contribution in [2.24, 2.45) is 0 Å². The molecule has 0 radical (unpaired) electrons. The van der Waals surface area contributed by atoms with E-state index in [1.807, 2.05) is 0 Å². The highest BCUT2D eigenvalue weighted by atomic mass is 19.1. The molecule has 2 unspecified atom stereocenters. The van der Waals surface area contributed by atoms with Gasteiger partial charge in [-0.15, -0.1) is 0 Å². The molecule has 0 bridgehead atoms. The predicted molar refractivity (Wildman–Crippen MR) is 62.7 cm³/mol. The second-order valence-electron chi connectivity index (χ2n) is 4.34. The standard InChI is InChI=1S/C12H13FN4O/c13-8-1-2-11(16-6-8)17-4-3-14-12(17)10-5-9(18)7-15-10/h1-4,6,9-10,15,18H,5,7H2. The van der Waals surface area contributed by atoms with Gasteiger partial charge in [-0.2, -0.15) is 0 Å². The molecule has 0 spiro atoms. The molecule has 2 atom stereocenters. The molecule has 1 aliphatic rings. The van der Waals surface area contributed by atoms with Crippen molar-refractivity contribution in [1.82, 2.24) is 19.9 Å². The molecule has 2 aromatic heterocycles. The largest absolute Gasteiger partial charge is 0.392 e. The number of hydrogen-bond acceptors (Lipinski definition) is 4. The van der Waals surface area contributed by atoms with Gasteiger partial charge in [-0.25, -0.2) is 14.4 Å². The van der Waals surface area contributed by atoms with Gasteiger partial charge in [0.25, 0.3) is 0 Å². The topological polar surface area (TPSA) is 63.0 Å². The first-order valence-electron chi connectivity index (χ1n) is 5.80. The third kappa shape index (κ3) is 2.00. The first-order chi connectivity index (χ1) is 8.74. The van der Waals surface area contributed by atoms with Crippen molar-refractivity contribution >= 4 is 0 Å². The number of imidazole rings is 1. The van der Waals surface area contributed by atoms with Crippen LogP contribution in [0.2, 0.25) is 0 Å². The Labute approximate surface area is 103 Å². The fourth-order valence-corrected chi connectivity index (χ4v) is 2.19. The van der Waals surface area contributed by atoms with Crippen molar-refractivity contribution in [2.45, 2.75) is 18.6 Å². The molecule has 6 heteroatoms. The summed E-state index contributed by atoms with van der Waals surface area (Å²) in [5.41, 5.74) is 0. The van der Waals surface area contributed by atoms with Crippen LogP contribution in [0, 0.1) is 5.82 Å².